The van der Waals surface area contributed by atoms with Crippen LogP contribution in [0, 0.1) is 6.92 Å². The number of phenols is 1. The van der Waals surface area contributed by atoms with Gasteiger partial charge in [-0.3, -0.25) is 4.79 Å². The Labute approximate surface area is 123 Å². The fraction of sp³-hybridized carbons (Fsp3) is 0.235. The van der Waals surface area contributed by atoms with Crippen molar-refractivity contribution in [3.05, 3.63) is 53.6 Å². The Hall–Kier alpha value is -2.49. The van der Waals surface area contributed by atoms with E-state index in [4.69, 9.17) is 4.74 Å². The zero-order chi connectivity index (χ0) is 15.0. The van der Waals surface area contributed by atoms with Gasteiger partial charge in [0.25, 0.3) is 5.91 Å². The van der Waals surface area contributed by atoms with Crippen LogP contribution in [0.2, 0.25) is 0 Å². The molecule has 1 atom stereocenters. The summed E-state index contributed by atoms with van der Waals surface area (Å²) in [6.07, 6.45) is -0.00112. The molecule has 1 N–H and O–H groups in total. The van der Waals surface area contributed by atoms with Crippen LogP contribution in [0.3, 0.4) is 0 Å². The van der Waals surface area contributed by atoms with Crippen molar-refractivity contribution in [3.63, 3.8) is 0 Å². The van der Waals surface area contributed by atoms with Gasteiger partial charge in [0.2, 0.25) is 0 Å². The molecular formula is C17H17NO3. The number of benzene rings is 2. The third kappa shape index (κ3) is 2.57. The van der Waals surface area contributed by atoms with Gasteiger partial charge in [0.15, 0.2) is 6.10 Å². The van der Waals surface area contributed by atoms with Crippen molar-refractivity contribution in [1.82, 2.24) is 0 Å². The Balaban J connectivity index is 1.86. The van der Waals surface area contributed by atoms with Gasteiger partial charge >= 0.3 is 0 Å². The standard InChI is InChI=1S/C17H17NO3/c1-11-3-5-12(6-4-11)9-16-17(20)18(2)14-10-13(19)7-8-15(14)21-16/h3-8,10,16,19H,9H2,1-2H3. The highest BCUT2D eigenvalue weighted by atomic mass is 16.5. The number of hydrogen-bond acceptors (Lipinski definition) is 3. The lowest BCUT2D eigenvalue weighted by molar-refractivity contribution is -0.125. The van der Waals surface area contributed by atoms with E-state index >= 15 is 0 Å². The summed E-state index contributed by atoms with van der Waals surface area (Å²) in [6.45, 7) is 2.03. The molecule has 0 spiro atoms. The van der Waals surface area contributed by atoms with Crippen LogP contribution in [0.1, 0.15) is 11.1 Å². The molecule has 0 radical (unpaired) electrons. The topological polar surface area (TPSA) is 49.8 Å². The SMILES string of the molecule is Cc1ccc(CC2Oc3ccc(O)cc3N(C)C2=O)cc1. The Morgan fingerprint density at radius 3 is 2.62 bits per heavy atom. The van der Waals surface area contributed by atoms with Gasteiger partial charge in [-0.15, -0.1) is 0 Å². The molecule has 0 bridgehead atoms. The van der Waals surface area contributed by atoms with Crippen LogP contribution >= 0.6 is 0 Å². The molecule has 2 aromatic carbocycles. The smallest absolute Gasteiger partial charge is 0.268 e. The van der Waals surface area contributed by atoms with Crippen molar-refractivity contribution in [1.29, 1.82) is 0 Å². The maximum atomic E-state index is 12.4. The predicted octanol–water partition coefficient (Wildman–Crippen LogP) is 2.67. The van der Waals surface area contributed by atoms with Crippen molar-refractivity contribution >= 4 is 11.6 Å². The van der Waals surface area contributed by atoms with Crippen molar-refractivity contribution in [3.8, 4) is 11.5 Å². The van der Waals surface area contributed by atoms with Gasteiger partial charge in [-0.25, -0.2) is 0 Å². The number of carbonyl (C=O) groups excluding carboxylic acids is 1. The minimum absolute atomic E-state index is 0.103. The molecule has 108 valence electrons. The number of amides is 1. The number of ether oxygens (including phenoxy) is 1. The van der Waals surface area contributed by atoms with Crippen molar-refractivity contribution < 1.29 is 14.6 Å². The summed E-state index contributed by atoms with van der Waals surface area (Å²) in [4.78, 5) is 13.9. The van der Waals surface area contributed by atoms with E-state index in [1.165, 1.54) is 16.5 Å². The highest BCUT2D eigenvalue weighted by Gasteiger charge is 2.32. The summed E-state index contributed by atoms with van der Waals surface area (Å²) in [7, 11) is 1.70. The van der Waals surface area contributed by atoms with Crippen LogP contribution < -0.4 is 9.64 Å². The van der Waals surface area contributed by atoms with Gasteiger partial charge in [-0.1, -0.05) is 29.8 Å². The number of anilines is 1. The number of rotatable bonds is 2. The fourth-order valence-electron chi connectivity index (χ4n) is 2.47. The van der Waals surface area contributed by atoms with E-state index in [1.54, 1.807) is 19.2 Å². The molecule has 1 aliphatic rings. The van der Waals surface area contributed by atoms with Crippen molar-refractivity contribution in [2.24, 2.45) is 0 Å². The average Bonchev–Trinajstić information content (AvgIpc) is 2.47. The molecule has 1 heterocycles. The van der Waals surface area contributed by atoms with Gasteiger partial charge in [-0.2, -0.15) is 0 Å². The van der Waals surface area contributed by atoms with E-state index in [0.29, 0.717) is 17.9 Å². The predicted molar refractivity (Wildman–Crippen MR) is 80.8 cm³/mol. The molecule has 0 aromatic heterocycles. The Morgan fingerprint density at radius 1 is 1.19 bits per heavy atom. The number of aromatic hydroxyl groups is 1. The summed E-state index contributed by atoms with van der Waals surface area (Å²) in [6, 6.07) is 12.9. The number of phenolic OH excluding ortho intramolecular Hbond substituents is 1. The summed E-state index contributed by atoms with van der Waals surface area (Å²) in [5.41, 5.74) is 2.85. The summed E-state index contributed by atoms with van der Waals surface area (Å²) >= 11 is 0. The number of fused-ring (bicyclic) bond motifs is 1. The molecule has 2 aromatic rings. The first kappa shape index (κ1) is 13.5. The molecule has 0 saturated carbocycles. The Bertz CT molecular complexity index is 679. The average molecular weight is 283 g/mol. The van der Waals surface area contributed by atoms with Crippen LogP contribution in [0.4, 0.5) is 5.69 Å². The second-order valence-electron chi connectivity index (χ2n) is 5.35. The van der Waals surface area contributed by atoms with Gasteiger partial charge in [0.05, 0.1) is 5.69 Å². The van der Waals surface area contributed by atoms with Crippen LogP contribution in [0.5, 0.6) is 11.5 Å². The monoisotopic (exact) mass is 283 g/mol. The highest BCUT2D eigenvalue weighted by molar-refractivity contribution is 5.99. The van der Waals surface area contributed by atoms with Crippen LogP contribution in [0.15, 0.2) is 42.5 Å². The van der Waals surface area contributed by atoms with Gasteiger partial charge < -0.3 is 14.7 Å². The van der Waals surface area contributed by atoms with Crippen LogP contribution in [-0.4, -0.2) is 24.2 Å². The quantitative estimate of drug-likeness (QED) is 0.922. The molecule has 0 aliphatic carbocycles. The molecular weight excluding hydrogens is 266 g/mol. The van der Waals surface area contributed by atoms with E-state index in [2.05, 4.69) is 0 Å². The second-order valence-corrected chi connectivity index (χ2v) is 5.35. The van der Waals surface area contributed by atoms with Crippen molar-refractivity contribution in [2.75, 3.05) is 11.9 Å². The van der Waals surface area contributed by atoms with E-state index < -0.39 is 6.10 Å². The molecule has 4 nitrogen and oxygen atoms in total. The second kappa shape index (κ2) is 5.13. The van der Waals surface area contributed by atoms with Gasteiger partial charge in [-0.05, 0) is 24.6 Å². The minimum atomic E-state index is -0.533. The van der Waals surface area contributed by atoms with E-state index in [1.807, 2.05) is 31.2 Å². The third-order valence-electron chi connectivity index (χ3n) is 3.72. The molecule has 0 fully saturated rings. The first-order valence-electron chi connectivity index (χ1n) is 6.87. The normalized spacial score (nSPS) is 17.3. The maximum absolute atomic E-state index is 12.4. The number of hydrogen-bond donors (Lipinski definition) is 1. The minimum Gasteiger partial charge on any atom is -0.508 e. The number of likely N-dealkylation sites (N-methyl/N-ethyl adjacent to an activating group) is 1. The first-order chi connectivity index (χ1) is 10.0. The van der Waals surface area contributed by atoms with Gasteiger partial charge in [0.1, 0.15) is 11.5 Å². The first-order valence-corrected chi connectivity index (χ1v) is 6.87. The molecule has 21 heavy (non-hydrogen) atoms. The lowest BCUT2D eigenvalue weighted by Gasteiger charge is -2.32. The summed E-state index contributed by atoms with van der Waals surface area (Å²) in [5.74, 6) is 0.634. The third-order valence-corrected chi connectivity index (χ3v) is 3.72. The largest absolute Gasteiger partial charge is 0.508 e. The van der Waals surface area contributed by atoms with E-state index in [-0.39, 0.29) is 11.7 Å². The molecule has 4 heteroatoms. The summed E-state index contributed by atoms with van der Waals surface area (Å²) in [5, 5.41) is 9.53. The highest BCUT2D eigenvalue weighted by Crippen LogP contribution is 2.36. The van der Waals surface area contributed by atoms with E-state index in [9.17, 15) is 9.90 Å². The maximum Gasteiger partial charge on any atom is 0.268 e. The fourth-order valence-corrected chi connectivity index (χ4v) is 2.47. The van der Waals surface area contributed by atoms with Crippen LogP contribution in [-0.2, 0) is 11.2 Å². The summed E-state index contributed by atoms with van der Waals surface area (Å²) < 4.78 is 5.80. The lowest BCUT2D eigenvalue weighted by Crippen LogP contribution is -2.44. The van der Waals surface area contributed by atoms with Crippen molar-refractivity contribution in [2.45, 2.75) is 19.4 Å². The molecule has 3 rings (SSSR count). The van der Waals surface area contributed by atoms with E-state index in [0.717, 1.165) is 5.56 Å². The number of aryl methyl sites for hydroxylation is 1. The Morgan fingerprint density at radius 2 is 1.90 bits per heavy atom. The zero-order valence-corrected chi connectivity index (χ0v) is 12.0. The number of nitrogens with zero attached hydrogens (tertiary/aromatic N) is 1. The molecule has 1 amide bonds. The molecule has 1 aliphatic heterocycles. The molecule has 1 unspecified atom stereocenters. The zero-order valence-electron chi connectivity index (χ0n) is 12.0. The number of carbonyl (C=O) groups is 1. The Kier molecular flexibility index (Phi) is 3.29. The van der Waals surface area contributed by atoms with Crippen LogP contribution in [0.25, 0.3) is 0 Å². The lowest BCUT2D eigenvalue weighted by atomic mass is 10.0. The molecule has 0 saturated heterocycles. The van der Waals surface area contributed by atoms with Gasteiger partial charge in [0, 0.05) is 19.5 Å².